The lowest BCUT2D eigenvalue weighted by atomic mass is 9.77. The molecule has 7 aromatic carbocycles. The van der Waals surface area contributed by atoms with Gasteiger partial charge in [0.25, 0.3) is 0 Å². The third kappa shape index (κ3) is 5.63. The van der Waals surface area contributed by atoms with Crippen LogP contribution in [-0.4, -0.2) is 13.9 Å². The monoisotopic (exact) mass is 655 g/mol. The second kappa shape index (κ2) is 12.5. The molecule has 0 aromatic heterocycles. The van der Waals surface area contributed by atoms with E-state index in [4.69, 9.17) is 0 Å². The first-order valence-corrected chi connectivity index (χ1v) is 16.8. The Labute approximate surface area is 277 Å². The highest BCUT2D eigenvalue weighted by Gasteiger charge is 2.46. The van der Waals surface area contributed by atoms with E-state index in [0.717, 1.165) is 50.1 Å². The summed E-state index contributed by atoms with van der Waals surface area (Å²) in [6, 6.07) is 51.4. The van der Waals surface area contributed by atoms with Gasteiger partial charge in [-0.1, -0.05) is 158 Å². The first-order chi connectivity index (χ1) is 23.2. The average molecular weight is 656 g/mol. The number of anilines is 1. The standard InChI is InChI=1S/C41H28F3NO2S/c42-41(43,44)48(46,47)45-34-27-26-33(28-16-6-1-7-17-28)39-37(31-22-12-4-13-23-31)35(29-18-8-2-9-19-29)36(30-20-10-3-11-21-30)38(40(34)39)32-24-14-5-15-25-32/h1-27,45H. The second-order valence-electron chi connectivity index (χ2n) is 11.3. The van der Waals surface area contributed by atoms with E-state index >= 15 is 0 Å². The molecule has 0 aliphatic carbocycles. The quantitative estimate of drug-likeness (QED) is 0.186. The van der Waals surface area contributed by atoms with Crippen LogP contribution in [0.5, 0.6) is 0 Å². The molecule has 0 radical (unpaired) electrons. The van der Waals surface area contributed by atoms with Gasteiger partial charge in [-0.15, -0.1) is 0 Å². The molecule has 0 saturated heterocycles. The van der Waals surface area contributed by atoms with E-state index in [1.54, 1.807) is 6.07 Å². The van der Waals surface area contributed by atoms with Crippen LogP contribution < -0.4 is 4.72 Å². The minimum Gasteiger partial charge on any atom is -0.275 e. The number of hydrogen-bond donors (Lipinski definition) is 1. The van der Waals surface area contributed by atoms with Crippen LogP contribution in [0.4, 0.5) is 18.9 Å². The van der Waals surface area contributed by atoms with Gasteiger partial charge >= 0.3 is 15.5 Å². The summed E-state index contributed by atoms with van der Waals surface area (Å²) in [5.41, 5.74) is 2.14. The number of rotatable bonds is 7. The molecule has 3 nitrogen and oxygen atoms in total. The number of halogens is 3. The van der Waals surface area contributed by atoms with E-state index in [0.29, 0.717) is 16.3 Å². The van der Waals surface area contributed by atoms with Crippen molar-refractivity contribution in [2.24, 2.45) is 0 Å². The summed E-state index contributed by atoms with van der Waals surface area (Å²) < 4.78 is 69.6. The van der Waals surface area contributed by atoms with Crippen LogP contribution in [0.3, 0.4) is 0 Å². The van der Waals surface area contributed by atoms with E-state index in [-0.39, 0.29) is 5.69 Å². The Morgan fingerprint density at radius 3 is 1.10 bits per heavy atom. The fraction of sp³-hybridized carbons (Fsp3) is 0.0244. The van der Waals surface area contributed by atoms with Gasteiger partial charge in [0.2, 0.25) is 0 Å². The van der Waals surface area contributed by atoms with Gasteiger partial charge in [-0.25, -0.2) is 0 Å². The molecule has 0 amide bonds. The Balaban J connectivity index is 1.82. The maximum atomic E-state index is 14.0. The van der Waals surface area contributed by atoms with Crippen LogP contribution in [0.25, 0.3) is 66.4 Å². The molecule has 7 rings (SSSR count). The molecule has 0 aliphatic heterocycles. The van der Waals surface area contributed by atoms with Gasteiger partial charge in [0.05, 0.1) is 5.69 Å². The molecule has 0 aliphatic rings. The highest BCUT2D eigenvalue weighted by Crippen LogP contribution is 2.54. The Kier molecular flexibility index (Phi) is 8.07. The third-order valence-electron chi connectivity index (χ3n) is 8.34. The Morgan fingerprint density at radius 2 is 0.729 bits per heavy atom. The number of alkyl halides is 3. The summed E-state index contributed by atoms with van der Waals surface area (Å²) in [7, 11) is -5.79. The van der Waals surface area contributed by atoms with Crippen molar-refractivity contribution in [3.63, 3.8) is 0 Å². The topological polar surface area (TPSA) is 46.2 Å². The molecule has 48 heavy (non-hydrogen) atoms. The van der Waals surface area contributed by atoms with Gasteiger partial charge in [0.15, 0.2) is 0 Å². The van der Waals surface area contributed by atoms with E-state index in [2.05, 4.69) is 0 Å². The number of nitrogens with one attached hydrogen (secondary N) is 1. The lowest BCUT2D eigenvalue weighted by Crippen LogP contribution is -2.30. The van der Waals surface area contributed by atoms with Crippen molar-refractivity contribution in [3.8, 4) is 55.6 Å². The summed E-state index contributed by atoms with van der Waals surface area (Å²) in [4.78, 5) is 0. The van der Waals surface area contributed by atoms with Crippen molar-refractivity contribution < 1.29 is 21.6 Å². The van der Waals surface area contributed by atoms with Crippen molar-refractivity contribution in [2.45, 2.75) is 5.51 Å². The SMILES string of the molecule is O=S(=O)(Nc1ccc(-c2ccccc2)c2c(-c3ccccc3)c(-c3ccccc3)c(-c3ccccc3)c(-c3ccccc3)c12)C(F)(F)F. The molecule has 1 N–H and O–H groups in total. The number of fused-ring (bicyclic) bond motifs is 1. The zero-order chi connectivity index (χ0) is 33.3. The smallest absolute Gasteiger partial charge is 0.275 e. The van der Waals surface area contributed by atoms with Gasteiger partial charge in [-0.3, -0.25) is 4.72 Å². The summed E-state index contributed by atoms with van der Waals surface area (Å²) in [6.45, 7) is 0. The van der Waals surface area contributed by atoms with Crippen LogP contribution in [0, 0.1) is 0 Å². The zero-order valence-corrected chi connectivity index (χ0v) is 26.3. The lowest BCUT2D eigenvalue weighted by molar-refractivity contribution is -0.0429. The molecule has 236 valence electrons. The van der Waals surface area contributed by atoms with Crippen LogP contribution in [-0.2, 0) is 10.0 Å². The van der Waals surface area contributed by atoms with Crippen LogP contribution >= 0.6 is 0 Å². The molecular weight excluding hydrogens is 628 g/mol. The van der Waals surface area contributed by atoms with Crippen molar-refractivity contribution in [2.75, 3.05) is 4.72 Å². The fourth-order valence-electron chi connectivity index (χ4n) is 6.34. The number of benzene rings is 7. The van der Waals surface area contributed by atoms with E-state index in [9.17, 15) is 21.6 Å². The second-order valence-corrected chi connectivity index (χ2v) is 13.0. The summed E-state index contributed by atoms with van der Waals surface area (Å²) in [6.07, 6.45) is 0. The first kappa shape index (κ1) is 31.0. The molecule has 0 atom stereocenters. The molecule has 0 spiro atoms. The van der Waals surface area contributed by atoms with Gasteiger partial charge in [0.1, 0.15) is 0 Å². The Bertz CT molecular complexity index is 2330. The Hall–Kier alpha value is -5.66. The minimum atomic E-state index is -5.79. The van der Waals surface area contributed by atoms with Crippen LogP contribution in [0.15, 0.2) is 164 Å². The third-order valence-corrected chi connectivity index (χ3v) is 9.44. The first-order valence-electron chi connectivity index (χ1n) is 15.3. The highest BCUT2D eigenvalue weighted by molar-refractivity contribution is 7.93. The van der Waals surface area contributed by atoms with Crippen molar-refractivity contribution >= 4 is 26.5 Å². The molecule has 0 bridgehead atoms. The van der Waals surface area contributed by atoms with Crippen molar-refractivity contribution in [1.29, 1.82) is 0 Å². The normalized spacial score (nSPS) is 11.8. The van der Waals surface area contributed by atoms with Gasteiger partial charge in [-0.05, 0) is 56.1 Å². The number of sulfonamides is 1. The molecular formula is C41H28F3NO2S. The van der Waals surface area contributed by atoms with E-state index in [1.807, 2.05) is 156 Å². The van der Waals surface area contributed by atoms with Crippen LogP contribution in [0.1, 0.15) is 0 Å². The molecule has 7 aromatic rings. The summed E-state index contributed by atoms with van der Waals surface area (Å²) >= 11 is 0. The van der Waals surface area contributed by atoms with E-state index in [1.165, 1.54) is 6.07 Å². The van der Waals surface area contributed by atoms with Crippen molar-refractivity contribution in [1.82, 2.24) is 0 Å². The molecule has 0 fully saturated rings. The molecule has 0 saturated carbocycles. The average Bonchev–Trinajstić information content (AvgIpc) is 3.12. The van der Waals surface area contributed by atoms with Gasteiger partial charge < -0.3 is 0 Å². The van der Waals surface area contributed by atoms with E-state index < -0.39 is 15.5 Å². The summed E-state index contributed by atoms with van der Waals surface area (Å²) in [5, 5.41) is 0.972. The molecule has 0 unspecified atom stereocenters. The maximum absolute atomic E-state index is 14.0. The van der Waals surface area contributed by atoms with Crippen LogP contribution in [0.2, 0.25) is 0 Å². The zero-order valence-electron chi connectivity index (χ0n) is 25.4. The van der Waals surface area contributed by atoms with Gasteiger partial charge in [-0.2, -0.15) is 21.6 Å². The largest absolute Gasteiger partial charge is 0.516 e. The molecule has 7 heteroatoms. The van der Waals surface area contributed by atoms with Crippen molar-refractivity contribution in [3.05, 3.63) is 164 Å². The fourth-order valence-corrected chi connectivity index (χ4v) is 6.92. The predicted molar refractivity (Wildman–Crippen MR) is 190 cm³/mol. The minimum absolute atomic E-state index is 0.171. The highest BCUT2D eigenvalue weighted by atomic mass is 32.2. The maximum Gasteiger partial charge on any atom is 0.516 e. The summed E-state index contributed by atoms with van der Waals surface area (Å²) in [5.74, 6) is 0. The number of hydrogen-bond acceptors (Lipinski definition) is 2. The lowest BCUT2D eigenvalue weighted by Gasteiger charge is -2.27. The molecule has 0 heterocycles. The predicted octanol–water partition coefficient (Wildman–Crippen LogP) is 11.4. The van der Waals surface area contributed by atoms with Gasteiger partial charge in [0, 0.05) is 16.3 Å². The Morgan fingerprint density at radius 1 is 0.396 bits per heavy atom.